The van der Waals surface area contributed by atoms with Crippen molar-refractivity contribution in [2.45, 2.75) is 62.3 Å². The minimum atomic E-state index is -1.26. The molecular weight excluding hydrogens is 580 g/mol. The topological polar surface area (TPSA) is 96.4 Å². The van der Waals surface area contributed by atoms with E-state index in [9.17, 15) is 14.7 Å². The van der Waals surface area contributed by atoms with Gasteiger partial charge < -0.3 is 24.4 Å². The van der Waals surface area contributed by atoms with E-state index in [4.69, 9.17) is 9.47 Å². The highest BCUT2D eigenvalue weighted by Crippen LogP contribution is 2.65. The highest BCUT2D eigenvalue weighted by molar-refractivity contribution is 6.06. The summed E-state index contributed by atoms with van der Waals surface area (Å²) in [5.74, 6) is -2.96. The van der Waals surface area contributed by atoms with Gasteiger partial charge in [-0.25, -0.2) is 0 Å². The van der Waals surface area contributed by atoms with Gasteiger partial charge in [-0.3, -0.25) is 14.4 Å². The second kappa shape index (κ2) is 12.9. The van der Waals surface area contributed by atoms with Crippen molar-refractivity contribution in [3.8, 4) is 0 Å². The Morgan fingerprint density at radius 1 is 1.07 bits per heavy atom. The summed E-state index contributed by atoms with van der Waals surface area (Å²) in [6.07, 6.45) is 5.61. The predicted molar refractivity (Wildman–Crippen MR) is 177 cm³/mol. The lowest BCUT2D eigenvalue weighted by Gasteiger charge is -2.39. The van der Waals surface area contributed by atoms with Crippen molar-refractivity contribution < 1.29 is 29.0 Å². The van der Waals surface area contributed by atoms with E-state index in [0.717, 1.165) is 16.3 Å². The van der Waals surface area contributed by atoms with Crippen molar-refractivity contribution in [1.82, 2.24) is 4.90 Å². The molecular formula is C38H42N2O6. The Balaban J connectivity index is 1.46. The molecule has 1 spiro atoms. The number of aliphatic hydroxyl groups is 1. The van der Waals surface area contributed by atoms with Gasteiger partial charge in [0.15, 0.2) is 0 Å². The number of nitrogens with zero attached hydrogens (tertiary/aromatic N) is 2. The first-order chi connectivity index (χ1) is 22.3. The highest BCUT2D eigenvalue weighted by Gasteiger charge is 2.79. The molecule has 3 fully saturated rings. The molecule has 2 amide bonds. The molecule has 3 aromatic carbocycles. The molecule has 6 rings (SSSR count). The number of esters is 1. The summed E-state index contributed by atoms with van der Waals surface area (Å²) >= 11 is 0. The second-order valence-electron chi connectivity index (χ2n) is 12.6. The Labute approximate surface area is 270 Å². The van der Waals surface area contributed by atoms with Crippen molar-refractivity contribution in [2.75, 3.05) is 24.7 Å². The Morgan fingerprint density at radius 2 is 1.80 bits per heavy atom. The first kappa shape index (κ1) is 31.7. The molecule has 0 saturated carbocycles. The first-order valence-corrected chi connectivity index (χ1v) is 16.2. The number of hydrogen-bond donors (Lipinski definition) is 1. The first-order valence-electron chi connectivity index (χ1n) is 16.2. The molecule has 3 aromatic rings. The number of carbonyl (C=O) groups excluding carboxylic acids is 3. The fourth-order valence-corrected chi connectivity index (χ4v) is 8.10. The molecule has 3 heterocycles. The molecule has 0 aliphatic carbocycles. The van der Waals surface area contributed by atoms with E-state index < -0.39 is 41.1 Å². The van der Waals surface area contributed by atoms with Gasteiger partial charge in [-0.1, -0.05) is 79.7 Å². The van der Waals surface area contributed by atoms with Crippen molar-refractivity contribution in [3.05, 3.63) is 104 Å². The van der Waals surface area contributed by atoms with E-state index in [-0.39, 0.29) is 31.6 Å². The van der Waals surface area contributed by atoms with Crippen molar-refractivity contribution in [2.24, 2.45) is 11.8 Å². The van der Waals surface area contributed by atoms with Gasteiger partial charge in [0.2, 0.25) is 5.91 Å². The summed E-state index contributed by atoms with van der Waals surface area (Å²) < 4.78 is 12.6. The molecule has 8 nitrogen and oxygen atoms in total. The maximum Gasteiger partial charge on any atom is 0.312 e. The van der Waals surface area contributed by atoms with Crippen molar-refractivity contribution in [1.29, 1.82) is 0 Å². The third-order valence-electron chi connectivity index (χ3n) is 10.2. The summed E-state index contributed by atoms with van der Waals surface area (Å²) in [5, 5.41) is 12.8. The zero-order valence-electron chi connectivity index (χ0n) is 26.3. The molecule has 1 N–H and O–H groups in total. The van der Waals surface area contributed by atoms with E-state index in [1.165, 1.54) is 4.90 Å². The van der Waals surface area contributed by atoms with Crippen LogP contribution in [0.5, 0.6) is 0 Å². The molecule has 46 heavy (non-hydrogen) atoms. The molecule has 3 aliphatic rings. The lowest BCUT2D eigenvalue weighted by Crippen LogP contribution is -2.59. The molecule has 0 radical (unpaired) electrons. The molecule has 6 atom stereocenters. The second-order valence-corrected chi connectivity index (χ2v) is 12.6. The van der Waals surface area contributed by atoms with Crippen LogP contribution >= 0.6 is 0 Å². The zero-order chi connectivity index (χ0) is 32.5. The Kier molecular flexibility index (Phi) is 8.86. The molecule has 0 aromatic heterocycles. The minimum absolute atomic E-state index is 0.154. The molecule has 8 heteroatoms. The summed E-state index contributed by atoms with van der Waals surface area (Å²) in [6, 6.07) is 21.5. The molecule has 240 valence electrons. The summed E-state index contributed by atoms with van der Waals surface area (Å²) in [5.41, 5.74) is -0.593. The van der Waals surface area contributed by atoms with E-state index in [0.29, 0.717) is 37.8 Å². The minimum Gasteiger partial charge on any atom is -0.465 e. The van der Waals surface area contributed by atoms with Gasteiger partial charge in [0, 0.05) is 12.2 Å². The standard InChI is InChI=1S/C38H42N2O6/c1-4-7-22-45-36(44)32-31-34(42)40(30(25-41)23-26-13-9-8-10-14-26)33(38(31)20-19-37(32,6-3)46-38)35(43)39(21-5-2)29-18-17-27-15-11-12-16-28(27)24-29/h4-5,8-18,24,30-33,41H,1-2,6-7,19-23,25H2,3H3/t30-,31+,32+,33?,37-,38?/m1/s1. The van der Waals surface area contributed by atoms with E-state index in [1.807, 2.05) is 79.7 Å². The maximum atomic E-state index is 15.1. The number of rotatable bonds is 13. The van der Waals surface area contributed by atoms with Crippen molar-refractivity contribution in [3.63, 3.8) is 0 Å². The number of carbonyl (C=O) groups is 3. The lowest BCUT2D eigenvalue weighted by atomic mass is 9.65. The smallest absolute Gasteiger partial charge is 0.312 e. The number of anilines is 1. The van der Waals surface area contributed by atoms with Gasteiger partial charge in [-0.2, -0.15) is 0 Å². The predicted octanol–water partition coefficient (Wildman–Crippen LogP) is 5.24. The van der Waals surface area contributed by atoms with Crippen LogP contribution < -0.4 is 4.90 Å². The number of aliphatic hydroxyl groups excluding tert-OH is 1. The van der Waals surface area contributed by atoms with E-state index in [2.05, 4.69) is 13.2 Å². The van der Waals surface area contributed by atoms with Gasteiger partial charge in [-0.15, -0.1) is 13.2 Å². The van der Waals surface area contributed by atoms with Crippen LogP contribution in [0.2, 0.25) is 0 Å². The lowest BCUT2D eigenvalue weighted by molar-refractivity contribution is -0.162. The fraction of sp³-hybridized carbons (Fsp3) is 0.395. The number of ether oxygens (including phenoxy) is 2. The van der Waals surface area contributed by atoms with Crippen LogP contribution in [-0.4, -0.2) is 70.8 Å². The number of hydrogen-bond acceptors (Lipinski definition) is 6. The molecule has 3 saturated heterocycles. The van der Waals surface area contributed by atoms with Crippen LogP contribution in [0.15, 0.2) is 98.1 Å². The van der Waals surface area contributed by atoms with Crippen molar-refractivity contribution >= 4 is 34.2 Å². The quantitative estimate of drug-likeness (QED) is 0.159. The number of fused-ring (bicyclic) bond motifs is 2. The van der Waals surface area contributed by atoms with Gasteiger partial charge in [0.1, 0.15) is 17.6 Å². The van der Waals surface area contributed by atoms with Crippen LogP contribution in [0.4, 0.5) is 5.69 Å². The average Bonchev–Trinajstić information content (AvgIpc) is 3.69. The van der Waals surface area contributed by atoms with Crippen LogP contribution in [-0.2, 0) is 30.3 Å². The SMILES string of the molecule is C=CCCOC(=O)[C@@H]1[C@H]2C(=O)N([C@@H](CO)Cc3ccccc3)C(C(=O)N(CC=C)c3ccc4ccccc4c3)C23CC[C@@]1(CC)O3. The fourth-order valence-electron chi connectivity index (χ4n) is 8.10. The highest BCUT2D eigenvalue weighted by atomic mass is 16.6. The Bertz CT molecular complexity index is 1640. The van der Waals surface area contributed by atoms with Crippen LogP contribution in [0, 0.1) is 11.8 Å². The number of benzene rings is 3. The van der Waals surface area contributed by atoms with Gasteiger partial charge in [-0.05, 0) is 60.6 Å². The largest absolute Gasteiger partial charge is 0.465 e. The Hall–Kier alpha value is -4.27. The number of amides is 2. The average molecular weight is 623 g/mol. The summed E-state index contributed by atoms with van der Waals surface area (Å²) in [6.45, 7) is 9.59. The molecule has 2 unspecified atom stereocenters. The van der Waals surface area contributed by atoms with Gasteiger partial charge in [0.05, 0.1) is 30.8 Å². The monoisotopic (exact) mass is 622 g/mol. The molecule has 3 aliphatic heterocycles. The normalized spacial score (nSPS) is 27.0. The van der Waals surface area contributed by atoms with E-state index >= 15 is 4.79 Å². The summed E-state index contributed by atoms with van der Waals surface area (Å²) in [4.78, 5) is 46.9. The summed E-state index contributed by atoms with van der Waals surface area (Å²) in [7, 11) is 0. The number of likely N-dealkylation sites (tertiary alicyclic amines) is 1. The van der Waals surface area contributed by atoms with Crippen LogP contribution in [0.25, 0.3) is 10.8 Å². The maximum absolute atomic E-state index is 15.1. The van der Waals surface area contributed by atoms with E-state index in [1.54, 1.807) is 17.1 Å². The van der Waals surface area contributed by atoms with Gasteiger partial charge >= 0.3 is 5.97 Å². The third-order valence-corrected chi connectivity index (χ3v) is 10.2. The Morgan fingerprint density at radius 3 is 2.50 bits per heavy atom. The van der Waals surface area contributed by atoms with Crippen LogP contribution in [0.3, 0.4) is 0 Å². The van der Waals surface area contributed by atoms with Crippen LogP contribution in [0.1, 0.15) is 38.2 Å². The third kappa shape index (κ3) is 5.13. The molecule has 2 bridgehead atoms. The zero-order valence-corrected chi connectivity index (χ0v) is 26.3. The van der Waals surface area contributed by atoms with Gasteiger partial charge in [0.25, 0.3) is 5.91 Å².